The van der Waals surface area contributed by atoms with Crippen molar-refractivity contribution in [3.8, 4) is 23.1 Å². The minimum atomic E-state index is 0.255. The summed E-state index contributed by atoms with van der Waals surface area (Å²) in [7, 11) is 3.73. The van der Waals surface area contributed by atoms with Gasteiger partial charge in [-0.2, -0.15) is 15.0 Å². The molecule has 196 valence electrons. The normalized spacial score (nSPS) is 11.4. The van der Waals surface area contributed by atoms with E-state index in [1.54, 1.807) is 7.11 Å². The summed E-state index contributed by atoms with van der Waals surface area (Å²) in [5, 5.41) is 0. The average Bonchev–Trinajstić information content (AvgIpc) is 3.26. The highest BCUT2D eigenvalue weighted by molar-refractivity contribution is 5.83. The van der Waals surface area contributed by atoms with E-state index < -0.39 is 0 Å². The van der Waals surface area contributed by atoms with Crippen LogP contribution >= 0.6 is 0 Å². The van der Waals surface area contributed by atoms with Gasteiger partial charge in [-0.25, -0.2) is 0 Å². The maximum atomic E-state index is 6.16. The molecule has 3 heterocycles. The van der Waals surface area contributed by atoms with Gasteiger partial charge in [0.2, 0.25) is 0 Å². The number of nitrogens with two attached hydrogens (primary N) is 1. The van der Waals surface area contributed by atoms with Crippen LogP contribution in [0.1, 0.15) is 50.8 Å². The van der Waals surface area contributed by atoms with Gasteiger partial charge >= 0.3 is 6.01 Å². The van der Waals surface area contributed by atoms with Crippen LogP contribution in [0.2, 0.25) is 0 Å². The summed E-state index contributed by atoms with van der Waals surface area (Å²) in [6.07, 6.45) is 6.30. The van der Waals surface area contributed by atoms with Crippen molar-refractivity contribution in [2.45, 2.75) is 52.6 Å². The van der Waals surface area contributed by atoms with E-state index in [4.69, 9.17) is 15.2 Å². The molecule has 0 atom stereocenters. The van der Waals surface area contributed by atoms with Gasteiger partial charge in [0.15, 0.2) is 17.0 Å². The first-order valence-corrected chi connectivity index (χ1v) is 13.0. The van der Waals surface area contributed by atoms with Crippen LogP contribution in [0.3, 0.4) is 0 Å². The lowest BCUT2D eigenvalue weighted by Gasteiger charge is -2.15. The van der Waals surface area contributed by atoms with Crippen molar-refractivity contribution < 1.29 is 9.47 Å². The molecule has 0 spiro atoms. The van der Waals surface area contributed by atoms with Crippen molar-refractivity contribution in [1.82, 2.24) is 29.4 Å². The van der Waals surface area contributed by atoms with Gasteiger partial charge in [-0.15, -0.1) is 0 Å². The average molecular weight is 504 g/mol. The van der Waals surface area contributed by atoms with E-state index in [2.05, 4.69) is 82.1 Å². The van der Waals surface area contributed by atoms with E-state index in [0.29, 0.717) is 30.3 Å². The topological polar surface area (TPSA) is 104 Å². The monoisotopic (exact) mass is 503 g/mol. The number of nitrogens with zero attached hydrogens (tertiary/aromatic N) is 6. The van der Waals surface area contributed by atoms with E-state index >= 15 is 0 Å². The Bertz CT molecular complexity index is 1290. The van der Waals surface area contributed by atoms with Crippen LogP contribution in [0.5, 0.6) is 12.0 Å². The Balaban J connectivity index is 1.50. The second-order valence-corrected chi connectivity index (χ2v) is 9.28. The molecule has 0 aliphatic carbocycles. The summed E-state index contributed by atoms with van der Waals surface area (Å²) < 4.78 is 13.1. The first-order chi connectivity index (χ1) is 18.0. The molecule has 9 nitrogen and oxygen atoms in total. The third-order valence-electron chi connectivity index (χ3n) is 6.26. The molecule has 9 heteroatoms. The highest BCUT2D eigenvalue weighted by atomic mass is 16.5. The molecule has 0 fully saturated rings. The van der Waals surface area contributed by atoms with Crippen LogP contribution in [0, 0.1) is 0 Å². The summed E-state index contributed by atoms with van der Waals surface area (Å²) in [5.41, 5.74) is 11.6. The summed E-state index contributed by atoms with van der Waals surface area (Å²) in [5.74, 6) is 0.274. The third kappa shape index (κ3) is 6.54. The fourth-order valence-electron chi connectivity index (χ4n) is 4.11. The number of hydrogen-bond acceptors (Lipinski definition) is 8. The molecule has 0 saturated carbocycles. The number of pyridine rings is 1. The Kier molecular flexibility index (Phi) is 8.90. The molecular weight excluding hydrogens is 466 g/mol. The second-order valence-electron chi connectivity index (χ2n) is 9.28. The van der Waals surface area contributed by atoms with Crippen molar-refractivity contribution in [3.63, 3.8) is 0 Å². The molecule has 0 aliphatic rings. The lowest BCUT2D eigenvalue weighted by Crippen LogP contribution is -2.19. The number of fused-ring (bicyclic) bond motifs is 1. The highest BCUT2D eigenvalue weighted by Crippen LogP contribution is 2.27. The molecule has 0 amide bonds. The number of benzene rings is 1. The van der Waals surface area contributed by atoms with Crippen LogP contribution < -0.4 is 15.2 Å². The zero-order chi connectivity index (χ0) is 26.2. The van der Waals surface area contributed by atoms with E-state index in [-0.39, 0.29) is 11.8 Å². The number of unbranched alkanes of at least 4 members (excludes halogenated alkanes) is 2. The first kappa shape index (κ1) is 26.3. The zero-order valence-corrected chi connectivity index (χ0v) is 22.3. The maximum Gasteiger partial charge on any atom is 0.320 e. The van der Waals surface area contributed by atoms with E-state index in [9.17, 15) is 0 Å². The fraction of sp³-hybridized carbons (Fsp3) is 0.429. The van der Waals surface area contributed by atoms with Crippen LogP contribution in [0.15, 0.2) is 42.6 Å². The first-order valence-electron chi connectivity index (χ1n) is 13.0. The summed E-state index contributed by atoms with van der Waals surface area (Å²) in [6.45, 7) is 7.33. The molecule has 37 heavy (non-hydrogen) atoms. The van der Waals surface area contributed by atoms with Gasteiger partial charge < -0.3 is 20.1 Å². The molecular formula is C28H37N7O2. The molecule has 0 saturated heterocycles. The van der Waals surface area contributed by atoms with Crippen molar-refractivity contribution in [3.05, 3.63) is 53.9 Å². The zero-order valence-electron chi connectivity index (χ0n) is 22.3. The largest absolute Gasteiger partial charge is 0.468 e. The predicted molar refractivity (Wildman–Crippen MR) is 147 cm³/mol. The van der Waals surface area contributed by atoms with Crippen LogP contribution in [-0.4, -0.2) is 56.7 Å². The van der Waals surface area contributed by atoms with E-state index in [0.717, 1.165) is 48.3 Å². The van der Waals surface area contributed by atoms with Crippen molar-refractivity contribution >= 4 is 17.0 Å². The van der Waals surface area contributed by atoms with Gasteiger partial charge in [-0.05, 0) is 43.6 Å². The van der Waals surface area contributed by atoms with E-state index in [1.807, 2.05) is 10.8 Å². The molecule has 3 aromatic heterocycles. The van der Waals surface area contributed by atoms with Crippen molar-refractivity contribution in [2.75, 3.05) is 33.0 Å². The number of hydrogen-bond donors (Lipinski definition) is 1. The molecule has 4 rings (SSSR count). The number of nitrogen functional groups attached to an aromatic ring is 1. The fourth-order valence-corrected chi connectivity index (χ4v) is 4.11. The Labute approximate surface area is 218 Å². The number of ether oxygens (including phenoxy) is 2. The summed E-state index contributed by atoms with van der Waals surface area (Å²) >= 11 is 0. The van der Waals surface area contributed by atoms with E-state index in [1.165, 1.54) is 12.8 Å². The number of anilines is 1. The van der Waals surface area contributed by atoms with Crippen molar-refractivity contribution in [1.29, 1.82) is 0 Å². The quantitative estimate of drug-likeness (QED) is 0.256. The van der Waals surface area contributed by atoms with Crippen LogP contribution in [0.25, 0.3) is 22.3 Å². The smallest absolute Gasteiger partial charge is 0.320 e. The molecule has 2 N–H and O–H groups in total. The van der Waals surface area contributed by atoms with Crippen molar-refractivity contribution in [2.24, 2.45) is 0 Å². The molecule has 0 aliphatic heterocycles. The van der Waals surface area contributed by atoms with Gasteiger partial charge in [-0.3, -0.25) is 9.55 Å². The number of aromatic nitrogens is 5. The Morgan fingerprint density at radius 2 is 1.70 bits per heavy atom. The standard InChI is InChI=1S/C28H37N7O2/c1-5-7-15-34(3)19-23-14-13-22(17-30-23)21-11-9-20(10-12-21)18-35-26-24(31-28(35)36-4)25(29)32-27(33-26)37-16-8-6-2/h9-14,17H,5-8,15-16,18-19H2,1-4H3,(H2,29,32,33). The number of imidazole rings is 1. The Morgan fingerprint density at radius 3 is 2.38 bits per heavy atom. The van der Waals surface area contributed by atoms with Gasteiger partial charge in [-0.1, -0.05) is 57.0 Å². The minimum Gasteiger partial charge on any atom is -0.468 e. The maximum absolute atomic E-state index is 6.16. The van der Waals surface area contributed by atoms with Gasteiger partial charge in [0.05, 0.1) is 26.0 Å². The molecule has 0 bridgehead atoms. The lowest BCUT2D eigenvalue weighted by molar-refractivity contribution is 0.286. The second kappa shape index (κ2) is 12.5. The molecule has 1 aromatic carbocycles. The van der Waals surface area contributed by atoms with Crippen LogP contribution in [-0.2, 0) is 13.1 Å². The summed E-state index contributed by atoms with van der Waals surface area (Å²) in [6, 6.07) is 13.3. The van der Waals surface area contributed by atoms with Gasteiger partial charge in [0.1, 0.15) is 0 Å². The number of rotatable bonds is 13. The molecule has 4 aromatic rings. The predicted octanol–water partition coefficient (Wildman–Crippen LogP) is 4.94. The molecule has 0 unspecified atom stereocenters. The number of methoxy groups -OCH3 is 1. The third-order valence-corrected chi connectivity index (χ3v) is 6.26. The minimum absolute atomic E-state index is 0.255. The van der Waals surface area contributed by atoms with Crippen LogP contribution in [0.4, 0.5) is 5.82 Å². The van der Waals surface area contributed by atoms with Gasteiger partial charge in [0, 0.05) is 18.3 Å². The molecule has 0 radical (unpaired) electrons. The summed E-state index contributed by atoms with van der Waals surface area (Å²) in [4.78, 5) is 20.3. The Hall–Kier alpha value is -3.72. The highest BCUT2D eigenvalue weighted by Gasteiger charge is 2.18. The lowest BCUT2D eigenvalue weighted by atomic mass is 10.1. The SMILES string of the molecule is CCCCOc1nc(N)c2nc(OC)n(Cc3ccc(-c4ccc(CN(C)CCCC)nc4)cc3)c2n1. The van der Waals surface area contributed by atoms with Gasteiger partial charge in [0.25, 0.3) is 6.01 Å². The Morgan fingerprint density at radius 1 is 0.946 bits per heavy atom.